The van der Waals surface area contributed by atoms with E-state index in [1.54, 1.807) is 19.1 Å². The van der Waals surface area contributed by atoms with Crippen LogP contribution in [0.15, 0.2) is 76.7 Å². The van der Waals surface area contributed by atoms with Crippen LogP contribution in [-0.4, -0.2) is 15.8 Å². The van der Waals surface area contributed by atoms with Crippen molar-refractivity contribution in [1.29, 1.82) is 0 Å². The molecule has 5 heteroatoms. The highest BCUT2D eigenvalue weighted by Crippen LogP contribution is 2.35. The SMILES string of the molecule is Cc1cc(=O)[nH]c(S[C@H](C(=O)c2ccccc2)c2ccccc2)n1. The molecule has 0 aliphatic heterocycles. The highest BCUT2D eigenvalue weighted by Gasteiger charge is 2.24. The van der Waals surface area contributed by atoms with Crippen molar-refractivity contribution >= 4 is 17.5 Å². The number of hydrogen-bond acceptors (Lipinski definition) is 4. The number of nitrogens with one attached hydrogen (secondary N) is 1. The predicted molar refractivity (Wildman–Crippen MR) is 95.4 cm³/mol. The summed E-state index contributed by atoms with van der Waals surface area (Å²) in [6, 6.07) is 20.1. The second-order valence-electron chi connectivity index (χ2n) is 5.33. The van der Waals surface area contributed by atoms with Gasteiger partial charge in [0, 0.05) is 17.3 Å². The van der Waals surface area contributed by atoms with Crippen molar-refractivity contribution in [2.45, 2.75) is 17.3 Å². The van der Waals surface area contributed by atoms with Crippen LogP contribution in [0.2, 0.25) is 0 Å². The summed E-state index contributed by atoms with van der Waals surface area (Å²) in [4.78, 5) is 31.7. The molecule has 0 saturated heterocycles. The minimum absolute atomic E-state index is 0.0176. The highest BCUT2D eigenvalue weighted by molar-refractivity contribution is 8.00. The minimum atomic E-state index is -0.474. The van der Waals surface area contributed by atoms with Crippen molar-refractivity contribution in [3.63, 3.8) is 0 Å². The molecule has 0 fully saturated rings. The van der Waals surface area contributed by atoms with Gasteiger partial charge in [0.15, 0.2) is 10.9 Å². The smallest absolute Gasteiger partial charge is 0.251 e. The molecule has 1 N–H and O–H groups in total. The summed E-state index contributed by atoms with van der Waals surface area (Å²) in [5.41, 5.74) is 1.92. The van der Waals surface area contributed by atoms with Crippen molar-refractivity contribution in [2.24, 2.45) is 0 Å². The molecule has 3 aromatic rings. The zero-order valence-corrected chi connectivity index (χ0v) is 13.9. The molecule has 0 bridgehead atoms. The Morgan fingerprint density at radius 2 is 1.67 bits per heavy atom. The van der Waals surface area contributed by atoms with Crippen LogP contribution in [0.3, 0.4) is 0 Å². The Morgan fingerprint density at radius 3 is 2.29 bits per heavy atom. The number of carbonyl (C=O) groups is 1. The fourth-order valence-electron chi connectivity index (χ4n) is 2.37. The monoisotopic (exact) mass is 336 g/mol. The van der Waals surface area contributed by atoms with Crippen LogP contribution in [0.4, 0.5) is 0 Å². The van der Waals surface area contributed by atoms with Gasteiger partial charge in [-0.15, -0.1) is 0 Å². The van der Waals surface area contributed by atoms with E-state index < -0.39 is 5.25 Å². The number of benzene rings is 2. The van der Waals surface area contributed by atoms with Gasteiger partial charge >= 0.3 is 0 Å². The molecule has 1 heterocycles. The number of H-pyrrole nitrogens is 1. The van der Waals surface area contributed by atoms with Crippen LogP contribution >= 0.6 is 11.8 Å². The van der Waals surface area contributed by atoms with Gasteiger partial charge in [0.2, 0.25) is 0 Å². The van der Waals surface area contributed by atoms with Crippen LogP contribution < -0.4 is 5.56 Å². The van der Waals surface area contributed by atoms with Crippen molar-refractivity contribution in [3.8, 4) is 0 Å². The van der Waals surface area contributed by atoms with Gasteiger partial charge in [-0.25, -0.2) is 4.98 Å². The molecule has 1 aromatic heterocycles. The third-order valence-electron chi connectivity index (χ3n) is 3.48. The molecule has 120 valence electrons. The van der Waals surface area contributed by atoms with Gasteiger partial charge in [-0.05, 0) is 12.5 Å². The van der Waals surface area contributed by atoms with E-state index in [9.17, 15) is 9.59 Å². The Balaban J connectivity index is 1.99. The molecule has 0 amide bonds. The molecule has 0 unspecified atom stereocenters. The fourth-order valence-corrected chi connectivity index (χ4v) is 3.49. The van der Waals surface area contributed by atoms with Crippen molar-refractivity contribution in [2.75, 3.05) is 0 Å². The fraction of sp³-hybridized carbons (Fsp3) is 0.105. The molecule has 3 rings (SSSR count). The molecule has 0 saturated carbocycles. The van der Waals surface area contributed by atoms with Crippen LogP contribution in [0.5, 0.6) is 0 Å². The standard InChI is InChI=1S/C19H16N2O2S/c1-13-12-16(22)21-19(20-13)24-18(15-10-6-3-7-11-15)17(23)14-8-4-2-5-9-14/h2-12,18H,1H3,(H,20,21,22)/t18-/m0/s1. The molecule has 0 aliphatic carbocycles. The molecule has 1 atom stereocenters. The third kappa shape index (κ3) is 3.81. The normalized spacial score (nSPS) is 11.9. The predicted octanol–water partition coefficient (Wildman–Crippen LogP) is 3.79. The van der Waals surface area contributed by atoms with Gasteiger partial charge in [-0.2, -0.15) is 0 Å². The number of aromatic amines is 1. The number of Topliss-reactive ketones (excluding diaryl/α,β-unsaturated/α-hetero) is 1. The maximum atomic E-state index is 13.0. The van der Waals surface area contributed by atoms with Crippen LogP contribution in [0, 0.1) is 6.92 Å². The first-order valence-electron chi connectivity index (χ1n) is 7.52. The van der Waals surface area contributed by atoms with Crippen LogP contribution in [0.25, 0.3) is 0 Å². The van der Waals surface area contributed by atoms with Crippen LogP contribution in [0.1, 0.15) is 26.9 Å². The summed E-state index contributed by atoms with van der Waals surface area (Å²) >= 11 is 1.26. The average molecular weight is 336 g/mol. The lowest BCUT2D eigenvalue weighted by atomic mass is 10.0. The zero-order chi connectivity index (χ0) is 16.9. The number of aromatic nitrogens is 2. The molecule has 2 aromatic carbocycles. The quantitative estimate of drug-likeness (QED) is 0.437. The lowest BCUT2D eigenvalue weighted by molar-refractivity contribution is 0.0989. The Labute approximate surface area is 144 Å². The first-order chi connectivity index (χ1) is 11.6. The van der Waals surface area contributed by atoms with E-state index in [1.807, 2.05) is 48.5 Å². The summed E-state index contributed by atoms with van der Waals surface area (Å²) < 4.78 is 0. The zero-order valence-electron chi connectivity index (χ0n) is 13.1. The molecule has 24 heavy (non-hydrogen) atoms. The minimum Gasteiger partial charge on any atom is -0.301 e. The third-order valence-corrected chi connectivity index (χ3v) is 4.61. The van der Waals surface area contributed by atoms with Crippen LogP contribution in [-0.2, 0) is 0 Å². The number of thioether (sulfide) groups is 1. The van der Waals surface area contributed by atoms with E-state index in [0.717, 1.165) is 5.56 Å². The molecule has 0 spiro atoms. The first-order valence-corrected chi connectivity index (χ1v) is 8.40. The molecule has 0 radical (unpaired) electrons. The van der Waals surface area contributed by atoms with Gasteiger partial charge in [-0.3, -0.25) is 9.59 Å². The van der Waals surface area contributed by atoms with Gasteiger partial charge in [0.25, 0.3) is 5.56 Å². The largest absolute Gasteiger partial charge is 0.301 e. The number of ketones is 1. The highest BCUT2D eigenvalue weighted by atomic mass is 32.2. The summed E-state index contributed by atoms with van der Waals surface area (Å²) in [7, 11) is 0. The molecule has 0 aliphatic rings. The maximum Gasteiger partial charge on any atom is 0.251 e. The van der Waals surface area contributed by atoms with E-state index in [-0.39, 0.29) is 11.3 Å². The summed E-state index contributed by atoms with van der Waals surface area (Å²) in [6.07, 6.45) is 0. The molecule has 4 nitrogen and oxygen atoms in total. The number of carbonyl (C=O) groups excluding carboxylic acids is 1. The Hall–Kier alpha value is -2.66. The molecular formula is C19H16N2O2S. The summed E-state index contributed by atoms with van der Waals surface area (Å²) in [5, 5.41) is -0.0308. The van der Waals surface area contributed by atoms with E-state index in [4.69, 9.17) is 0 Å². The second kappa shape index (κ2) is 7.27. The van der Waals surface area contributed by atoms with Gasteiger partial charge in [0.1, 0.15) is 5.25 Å². The molecular weight excluding hydrogens is 320 g/mol. The lowest BCUT2D eigenvalue weighted by Crippen LogP contribution is -2.13. The topological polar surface area (TPSA) is 62.8 Å². The first kappa shape index (κ1) is 16.2. The van der Waals surface area contributed by atoms with E-state index in [1.165, 1.54) is 17.8 Å². The van der Waals surface area contributed by atoms with E-state index >= 15 is 0 Å². The number of nitrogens with zero attached hydrogens (tertiary/aromatic N) is 1. The summed E-state index contributed by atoms with van der Waals surface area (Å²) in [5.74, 6) is -0.0176. The van der Waals surface area contributed by atoms with Crippen molar-refractivity contribution in [1.82, 2.24) is 9.97 Å². The average Bonchev–Trinajstić information content (AvgIpc) is 2.60. The number of hydrogen-bond donors (Lipinski definition) is 1. The van der Waals surface area contributed by atoms with Crippen molar-refractivity contribution in [3.05, 3.63) is 93.9 Å². The Bertz CT molecular complexity index is 892. The maximum absolute atomic E-state index is 13.0. The summed E-state index contributed by atoms with van der Waals surface area (Å²) in [6.45, 7) is 1.76. The number of rotatable bonds is 5. The van der Waals surface area contributed by atoms with E-state index in [0.29, 0.717) is 16.4 Å². The van der Waals surface area contributed by atoms with Gasteiger partial charge in [-0.1, -0.05) is 72.4 Å². The Morgan fingerprint density at radius 1 is 1.04 bits per heavy atom. The number of aryl methyl sites for hydroxylation is 1. The van der Waals surface area contributed by atoms with Gasteiger partial charge in [0.05, 0.1) is 0 Å². The Kier molecular flexibility index (Phi) is 4.91. The van der Waals surface area contributed by atoms with Crippen molar-refractivity contribution < 1.29 is 4.79 Å². The van der Waals surface area contributed by atoms with E-state index in [2.05, 4.69) is 9.97 Å². The van der Waals surface area contributed by atoms with Gasteiger partial charge < -0.3 is 4.98 Å². The lowest BCUT2D eigenvalue weighted by Gasteiger charge is -2.15. The second-order valence-corrected chi connectivity index (χ2v) is 6.42.